The van der Waals surface area contributed by atoms with Crippen LogP contribution in [0.25, 0.3) is 0 Å². The number of carbonyl (C=O) groups excluding carboxylic acids is 2. The van der Waals surface area contributed by atoms with E-state index in [1.54, 1.807) is 0 Å². The monoisotopic (exact) mass is 764 g/mol. The molecule has 1 N–H and O–H groups in total. The molecule has 1 rings (SSSR count). The van der Waals surface area contributed by atoms with Crippen LogP contribution in [0.15, 0.2) is 0 Å². The lowest BCUT2D eigenvalue weighted by Gasteiger charge is -2.26. The molecule has 1 aliphatic carbocycles. The van der Waals surface area contributed by atoms with Gasteiger partial charge >= 0.3 is 11.9 Å². The van der Waals surface area contributed by atoms with E-state index in [-0.39, 0.29) is 18.5 Å². The topological polar surface area (TPSA) is 76.1 Å². The zero-order chi connectivity index (χ0) is 39.6. The third-order valence-corrected chi connectivity index (χ3v) is 12.4. The van der Waals surface area contributed by atoms with E-state index >= 15 is 0 Å². The second kappa shape index (κ2) is 33.9. The highest BCUT2D eigenvalue weighted by Gasteiger charge is 2.41. The van der Waals surface area contributed by atoms with Crippen molar-refractivity contribution in [1.29, 1.82) is 0 Å². The second-order valence-corrected chi connectivity index (χ2v) is 18.1. The molecule has 1 fully saturated rings. The molecule has 6 nitrogen and oxygen atoms in total. The van der Waals surface area contributed by atoms with Crippen LogP contribution >= 0.6 is 0 Å². The summed E-state index contributed by atoms with van der Waals surface area (Å²) >= 11 is 0. The Labute approximate surface area is 336 Å². The number of nitrogens with zero attached hydrogens (tertiary/aromatic N) is 1. The summed E-state index contributed by atoms with van der Waals surface area (Å²) in [7, 11) is 0. The van der Waals surface area contributed by atoms with Crippen molar-refractivity contribution in [3.05, 3.63) is 0 Å². The smallest absolute Gasteiger partial charge is 0.311 e. The highest BCUT2D eigenvalue weighted by Crippen LogP contribution is 2.53. The minimum atomic E-state index is -0.425. The van der Waals surface area contributed by atoms with Gasteiger partial charge < -0.3 is 19.5 Å². The number of carbonyl (C=O) groups is 2. The normalized spacial score (nSPS) is 13.9. The summed E-state index contributed by atoms with van der Waals surface area (Å²) in [6, 6.07) is 0. The quantitative estimate of drug-likeness (QED) is 0.0494. The van der Waals surface area contributed by atoms with Crippen LogP contribution in [-0.4, -0.2) is 61.4 Å². The molecule has 0 unspecified atom stereocenters. The first kappa shape index (κ1) is 50.9. The minimum Gasteiger partial charge on any atom is -0.466 e. The number of rotatable bonds is 41. The maximum absolute atomic E-state index is 13.2. The van der Waals surface area contributed by atoms with Crippen LogP contribution < -0.4 is 0 Å². The summed E-state index contributed by atoms with van der Waals surface area (Å²) in [6.07, 6.45) is 38.1. The second-order valence-electron chi connectivity index (χ2n) is 18.1. The van der Waals surface area contributed by atoms with Gasteiger partial charge in [-0.2, -0.15) is 0 Å². The molecule has 0 atom stereocenters. The lowest BCUT2D eigenvalue weighted by atomic mass is 9.86. The van der Waals surface area contributed by atoms with Crippen LogP contribution in [-0.2, 0) is 19.1 Å². The van der Waals surface area contributed by atoms with Crippen LogP contribution in [0.5, 0.6) is 0 Å². The molecule has 6 heteroatoms. The van der Waals surface area contributed by atoms with E-state index in [0.717, 1.165) is 64.6 Å². The highest BCUT2D eigenvalue weighted by molar-refractivity contribution is 5.75. The molecule has 0 aliphatic heterocycles. The molecular weight excluding hydrogens is 671 g/mol. The summed E-state index contributed by atoms with van der Waals surface area (Å²) in [4.78, 5) is 28.0. The van der Waals surface area contributed by atoms with Crippen molar-refractivity contribution in [1.82, 2.24) is 4.90 Å². The van der Waals surface area contributed by atoms with Gasteiger partial charge in [0.05, 0.1) is 18.6 Å². The van der Waals surface area contributed by atoms with Crippen LogP contribution in [0, 0.1) is 16.7 Å². The molecule has 0 radical (unpaired) electrons. The van der Waals surface area contributed by atoms with Crippen molar-refractivity contribution in [2.45, 2.75) is 240 Å². The van der Waals surface area contributed by atoms with Crippen LogP contribution in [0.1, 0.15) is 240 Å². The first-order valence-electron chi connectivity index (χ1n) is 23.9. The molecule has 0 aromatic rings. The van der Waals surface area contributed by atoms with Crippen molar-refractivity contribution >= 4 is 11.9 Å². The van der Waals surface area contributed by atoms with E-state index in [9.17, 15) is 14.7 Å². The van der Waals surface area contributed by atoms with Gasteiger partial charge in [0.15, 0.2) is 0 Å². The molecule has 0 spiro atoms. The van der Waals surface area contributed by atoms with E-state index in [1.165, 1.54) is 154 Å². The fraction of sp³-hybridized carbons (Fsp3) is 0.958. The van der Waals surface area contributed by atoms with E-state index in [4.69, 9.17) is 9.47 Å². The zero-order valence-electron chi connectivity index (χ0n) is 37.0. The van der Waals surface area contributed by atoms with Crippen molar-refractivity contribution in [3.8, 4) is 0 Å². The fourth-order valence-corrected chi connectivity index (χ4v) is 8.04. The molecule has 0 bridgehead atoms. The van der Waals surface area contributed by atoms with Gasteiger partial charge in [-0.1, -0.05) is 149 Å². The lowest BCUT2D eigenvalue weighted by molar-refractivity contribution is -0.156. The van der Waals surface area contributed by atoms with Crippen LogP contribution in [0.2, 0.25) is 0 Å². The molecule has 0 aromatic carbocycles. The Kier molecular flexibility index (Phi) is 32.0. The number of esters is 2. The third kappa shape index (κ3) is 28.3. The first-order valence-corrected chi connectivity index (χ1v) is 23.9. The molecular formula is C48H93NO5. The van der Waals surface area contributed by atoms with Gasteiger partial charge in [0.1, 0.15) is 0 Å². The summed E-state index contributed by atoms with van der Waals surface area (Å²) < 4.78 is 11.5. The van der Waals surface area contributed by atoms with Crippen molar-refractivity contribution in [3.63, 3.8) is 0 Å². The van der Waals surface area contributed by atoms with Gasteiger partial charge in [0.25, 0.3) is 0 Å². The van der Waals surface area contributed by atoms with Gasteiger partial charge in [0.2, 0.25) is 0 Å². The average molecular weight is 764 g/mol. The zero-order valence-corrected chi connectivity index (χ0v) is 37.0. The number of ether oxygens (including phenoxy) is 2. The summed E-state index contributed by atoms with van der Waals surface area (Å²) in [5.74, 6) is 0.490. The maximum atomic E-state index is 13.2. The predicted octanol–water partition coefficient (Wildman–Crippen LogP) is 13.6. The van der Waals surface area contributed by atoms with E-state index in [1.807, 2.05) is 0 Å². The Bertz CT molecular complexity index is 857. The summed E-state index contributed by atoms with van der Waals surface area (Å²) in [5.41, 5.74) is 0.0503. The standard InChI is InChI=1S/C48H93NO5/c1-6-9-12-15-16-21-28-42-53-45(51)32-24-26-34-48(35-36-48)37-40-49(39-29-41-50)38-27-20-19-25-33-47(4,5)46(52)54-43-44(30-22-17-13-10-7-2)31-23-18-14-11-8-3/h44,50H,6-43H2,1-5H3. The largest absolute Gasteiger partial charge is 0.466 e. The number of unbranched alkanes of at least 4 members (excludes halogenated alkanes) is 18. The molecule has 320 valence electrons. The van der Waals surface area contributed by atoms with Gasteiger partial charge in [-0.25, -0.2) is 0 Å². The molecule has 54 heavy (non-hydrogen) atoms. The number of aliphatic hydroxyl groups is 1. The summed E-state index contributed by atoms with van der Waals surface area (Å²) in [6.45, 7) is 15.5. The van der Waals surface area contributed by atoms with Gasteiger partial charge in [-0.3, -0.25) is 9.59 Å². The minimum absolute atomic E-state index is 0.00705. The predicted molar refractivity (Wildman–Crippen MR) is 230 cm³/mol. The summed E-state index contributed by atoms with van der Waals surface area (Å²) in [5, 5.41) is 9.53. The van der Waals surface area contributed by atoms with Crippen molar-refractivity contribution < 1.29 is 24.2 Å². The van der Waals surface area contributed by atoms with Crippen LogP contribution in [0.3, 0.4) is 0 Å². The number of hydrogen-bond acceptors (Lipinski definition) is 6. The Morgan fingerprint density at radius 2 is 1.15 bits per heavy atom. The molecule has 0 aromatic heterocycles. The van der Waals surface area contributed by atoms with E-state index in [2.05, 4.69) is 39.5 Å². The average Bonchev–Trinajstić information content (AvgIpc) is 3.94. The molecule has 0 saturated heterocycles. The number of aliphatic hydroxyl groups excluding tert-OH is 1. The van der Waals surface area contributed by atoms with Gasteiger partial charge in [-0.15, -0.1) is 0 Å². The third-order valence-electron chi connectivity index (χ3n) is 12.4. The Balaban J connectivity index is 2.28. The van der Waals surface area contributed by atoms with Crippen LogP contribution in [0.4, 0.5) is 0 Å². The fourth-order valence-electron chi connectivity index (χ4n) is 8.04. The Morgan fingerprint density at radius 1 is 0.611 bits per heavy atom. The highest BCUT2D eigenvalue weighted by atomic mass is 16.5. The molecule has 1 aliphatic rings. The van der Waals surface area contributed by atoms with Crippen molar-refractivity contribution in [2.24, 2.45) is 16.7 Å². The number of hydrogen-bond donors (Lipinski definition) is 1. The van der Waals surface area contributed by atoms with E-state index in [0.29, 0.717) is 31.0 Å². The van der Waals surface area contributed by atoms with Gasteiger partial charge in [0, 0.05) is 19.6 Å². The molecule has 0 amide bonds. The Hall–Kier alpha value is -1.14. The van der Waals surface area contributed by atoms with Gasteiger partial charge in [-0.05, 0) is 109 Å². The first-order chi connectivity index (χ1) is 26.2. The SMILES string of the molecule is CCCCCCCCCOC(=O)CCCCC1(CCN(CCCO)CCCCCCC(C)(C)C(=O)OCC(CCCCCCC)CCCCCCC)CC1. The molecule has 0 heterocycles. The Morgan fingerprint density at radius 3 is 1.74 bits per heavy atom. The van der Waals surface area contributed by atoms with E-state index < -0.39 is 5.41 Å². The maximum Gasteiger partial charge on any atom is 0.311 e. The van der Waals surface area contributed by atoms with Crippen molar-refractivity contribution in [2.75, 3.05) is 39.5 Å². The lowest BCUT2D eigenvalue weighted by Crippen LogP contribution is -2.29. The molecule has 1 saturated carbocycles.